The molecule has 1 aromatic rings. The summed E-state index contributed by atoms with van der Waals surface area (Å²) in [5.41, 5.74) is 6.99. The van der Waals surface area contributed by atoms with Crippen molar-refractivity contribution in [2.45, 2.75) is 25.4 Å². The zero-order valence-corrected chi connectivity index (χ0v) is 12.1. The fraction of sp³-hybridized carbons (Fsp3) is 0.571. The summed E-state index contributed by atoms with van der Waals surface area (Å²) >= 11 is 0. The quantitative estimate of drug-likeness (QED) is 0.504. The second-order valence-electron chi connectivity index (χ2n) is 5.58. The van der Waals surface area contributed by atoms with E-state index in [4.69, 9.17) is 5.73 Å². The van der Waals surface area contributed by atoms with Crippen molar-refractivity contribution in [3.05, 3.63) is 33.9 Å². The molecule has 0 radical (unpaired) electrons. The summed E-state index contributed by atoms with van der Waals surface area (Å²) in [6.45, 7) is 2.74. The van der Waals surface area contributed by atoms with Crippen molar-refractivity contribution in [3.63, 3.8) is 0 Å². The van der Waals surface area contributed by atoms with Gasteiger partial charge in [-0.25, -0.2) is 0 Å². The second kappa shape index (κ2) is 6.19. The molecule has 0 spiro atoms. The van der Waals surface area contributed by atoms with E-state index in [1.807, 2.05) is 13.1 Å². The smallest absolute Gasteiger partial charge is 0.292 e. The van der Waals surface area contributed by atoms with E-state index in [2.05, 4.69) is 16.8 Å². The molecular weight excluding hydrogens is 256 g/mol. The van der Waals surface area contributed by atoms with Gasteiger partial charge in [0.05, 0.1) is 4.92 Å². The molecule has 0 aliphatic carbocycles. The maximum Gasteiger partial charge on any atom is 0.292 e. The lowest BCUT2D eigenvalue weighted by Gasteiger charge is -2.26. The Morgan fingerprint density at radius 3 is 2.90 bits per heavy atom. The number of rotatable bonds is 5. The predicted octanol–water partition coefficient (Wildman–Crippen LogP) is 1.70. The monoisotopic (exact) mass is 278 g/mol. The summed E-state index contributed by atoms with van der Waals surface area (Å²) in [5, 5.41) is 10.9. The molecule has 0 amide bonds. The topological polar surface area (TPSA) is 75.6 Å². The summed E-state index contributed by atoms with van der Waals surface area (Å²) in [4.78, 5) is 15.0. The van der Waals surface area contributed by atoms with Crippen molar-refractivity contribution in [1.29, 1.82) is 0 Å². The van der Waals surface area contributed by atoms with Gasteiger partial charge in [-0.1, -0.05) is 12.1 Å². The van der Waals surface area contributed by atoms with E-state index in [0.717, 1.165) is 18.7 Å². The number of hydrogen-bond donors (Lipinski definition) is 1. The molecule has 1 aliphatic heterocycles. The third-order valence-electron chi connectivity index (χ3n) is 4.00. The number of benzene rings is 1. The number of nitro benzene ring substituents is 1. The third kappa shape index (κ3) is 3.26. The largest absolute Gasteiger partial charge is 0.393 e. The Morgan fingerprint density at radius 1 is 1.55 bits per heavy atom. The Balaban J connectivity index is 2.02. The van der Waals surface area contributed by atoms with Gasteiger partial charge in [0.2, 0.25) is 0 Å². The molecule has 6 nitrogen and oxygen atoms in total. The van der Waals surface area contributed by atoms with Gasteiger partial charge in [0.25, 0.3) is 5.69 Å². The van der Waals surface area contributed by atoms with Crippen molar-refractivity contribution in [1.82, 2.24) is 9.80 Å². The number of nitrogen functional groups attached to an aromatic ring is 1. The lowest BCUT2D eigenvalue weighted by Crippen LogP contribution is -2.36. The van der Waals surface area contributed by atoms with Crippen LogP contribution in [-0.2, 0) is 6.54 Å². The molecule has 1 aliphatic rings. The first-order chi connectivity index (χ1) is 9.49. The highest BCUT2D eigenvalue weighted by Crippen LogP contribution is 2.26. The summed E-state index contributed by atoms with van der Waals surface area (Å²) in [5.74, 6) is 0. The SMILES string of the molecule is CN(Cc1cccc([N+](=O)[O-])c1N)CC1CCCN1C. The van der Waals surface area contributed by atoms with Crippen LogP contribution in [0.3, 0.4) is 0 Å². The van der Waals surface area contributed by atoms with Crippen LogP contribution < -0.4 is 5.73 Å². The second-order valence-corrected chi connectivity index (χ2v) is 5.58. The number of nitro groups is 1. The highest BCUT2D eigenvalue weighted by atomic mass is 16.6. The van der Waals surface area contributed by atoms with Crippen LogP contribution >= 0.6 is 0 Å². The molecule has 2 rings (SSSR count). The number of para-hydroxylation sites is 1. The van der Waals surface area contributed by atoms with Gasteiger partial charge in [-0.3, -0.25) is 10.1 Å². The number of likely N-dealkylation sites (tertiary alicyclic amines) is 1. The van der Waals surface area contributed by atoms with Crippen LogP contribution in [0, 0.1) is 10.1 Å². The van der Waals surface area contributed by atoms with Crippen LogP contribution in [0.2, 0.25) is 0 Å². The zero-order chi connectivity index (χ0) is 14.7. The van der Waals surface area contributed by atoms with Crippen molar-refractivity contribution in [3.8, 4) is 0 Å². The summed E-state index contributed by atoms with van der Waals surface area (Å²) in [7, 11) is 4.18. The van der Waals surface area contributed by atoms with E-state index in [-0.39, 0.29) is 11.4 Å². The Kier molecular flexibility index (Phi) is 4.57. The van der Waals surface area contributed by atoms with E-state index in [1.165, 1.54) is 18.9 Å². The Hall–Kier alpha value is -1.66. The van der Waals surface area contributed by atoms with Crippen molar-refractivity contribution in [2.75, 3.05) is 32.9 Å². The highest BCUT2D eigenvalue weighted by molar-refractivity contribution is 5.62. The standard InChI is InChI=1S/C14H22N4O2/c1-16(10-12-6-4-8-17(12)2)9-11-5-3-7-13(14(11)15)18(19)20/h3,5,7,12H,4,6,8-10,15H2,1-2H3. The van der Waals surface area contributed by atoms with Crippen LogP contribution in [-0.4, -0.2) is 47.9 Å². The van der Waals surface area contributed by atoms with Gasteiger partial charge < -0.3 is 15.5 Å². The first kappa shape index (κ1) is 14.7. The number of nitrogens with zero attached hydrogens (tertiary/aromatic N) is 3. The van der Waals surface area contributed by atoms with E-state index < -0.39 is 4.92 Å². The highest BCUT2D eigenvalue weighted by Gasteiger charge is 2.22. The van der Waals surface area contributed by atoms with Gasteiger partial charge in [-0.15, -0.1) is 0 Å². The maximum atomic E-state index is 10.9. The van der Waals surface area contributed by atoms with Gasteiger partial charge in [0.15, 0.2) is 0 Å². The zero-order valence-electron chi connectivity index (χ0n) is 12.1. The summed E-state index contributed by atoms with van der Waals surface area (Å²) in [6, 6.07) is 5.57. The van der Waals surface area contributed by atoms with Crippen molar-refractivity contribution < 1.29 is 4.92 Å². The third-order valence-corrected chi connectivity index (χ3v) is 4.00. The molecule has 1 aromatic carbocycles. The Morgan fingerprint density at radius 2 is 2.30 bits per heavy atom. The number of likely N-dealkylation sites (N-methyl/N-ethyl adjacent to an activating group) is 2. The molecule has 2 N–H and O–H groups in total. The van der Waals surface area contributed by atoms with Crippen LogP contribution in [0.4, 0.5) is 11.4 Å². The van der Waals surface area contributed by atoms with Crippen molar-refractivity contribution >= 4 is 11.4 Å². The van der Waals surface area contributed by atoms with Gasteiger partial charge in [-0.05, 0) is 39.0 Å². The molecule has 0 saturated carbocycles. The predicted molar refractivity (Wildman–Crippen MR) is 79.5 cm³/mol. The normalized spacial score (nSPS) is 19.6. The number of hydrogen-bond acceptors (Lipinski definition) is 5. The first-order valence-electron chi connectivity index (χ1n) is 6.89. The van der Waals surface area contributed by atoms with E-state index in [0.29, 0.717) is 12.6 Å². The molecule has 1 atom stereocenters. The van der Waals surface area contributed by atoms with Gasteiger partial charge >= 0.3 is 0 Å². The lowest BCUT2D eigenvalue weighted by molar-refractivity contribution is -0.384. The summed E-state index contributed by atoms with van der Waals surface area (Å²) in [6.07, 6.45) is 2.46. The molecule has 0 bridgehead atoms. The van der Waals surface area contributed by atoms with Crippen LogP contribution in [0.5, 0.6) is 0 Å². The molecule has 1 fully saturated rings. The average molecular weight is 278 g/mol. The lowest BCUT2D eigenvalue weighted by atomic mass is 10.1. The van der Waals surface area contributed by atoms with Gasteiger partial charge in [0, 0.05) is 25.2 Å². The number of nitrogens with two attached hydrogens (primary N) is 1. The molecule has 1 unspecified atom stereocenters. The van der Waals surface area contributed by atoms with Crippen molar-refractivity contribution in [2.24, 2.45) is 0 Å². The van der Waals surface area contributed by atoms with E-state index >= 15 is 0 Å². The van der Waals surface area contributed by atoms with Crippen LogP contribution in [0.15, 0.2) is 18.2 Å². The molecule has 1 saturated heterocycles. The number of anilines is 1. The van der Waals surface area contributed by atoms with Crippen LogP contribution in [0.25, 0.3) is 0 Å². The molecular formula is C14H22N4O2. The minimum atomic E-state index is -0.427. The minimum Gasteiger partial charge on any atom is -0.393 e. The minimum absolute atomic E-state index is 0.00566. The maximum absolute atomic E-state index is 10.9. The Bertz CT molecular complexity index is 492. The fourth-order valence-corrected chi connectivity index (χ4v) is 2.82. The molecule has 0 aromatic heterocycles. The first-order valence-corrected chi connectivity index (χ1v) is 6.89. The van der Waals surface area contributed by atoms with Gasteiger partial charge in [-0.2, -0.15) is 0 Å². The summed E-state index contributed by atoms with van der Waals surface area (Å²) < 4.78 is 0. The molecule has 20 heavy (non-hydrogen) atoms. The fourth-order valence-electron chi connectivity index (χ4n) is 2.82. The molecule has 1 heterocycles. The van der Waals surface area contributed by atoms with E-state index in [9.17, 15) is 10.1 Å². The van der Waals surface area contributed by atoms with Gasteiger partial charge in [0.1, 0.15) is 5.69 Å². The Labute approximate surface area is 119 Å². The van der Waals surface area contributed by atoms with E-state index in [1.54, 1.807) is 6.07 Å². The molecule has 6 heteroatoms. The average Bonchev–Trinajstić information content (AvgIpc) is 2.77. The molecule has 110 valence electrons. The van der Waals surface area contributed by atoms with Crippen LogP contribution in [0.1, 0.15) is 18.4 Å².